The second-order valence-electron chi connectivity index (χ2n) is 7.14. The van der Waals surface area contributed by atoms with Crippen molar-refractivity contribution in [1.29, 1.82) is 5.26 Å². The number of nitriles is 1. The first-order chi connectivity index (χ1) is 15.5. The maximum atomic E-state index is 12.3. The molecule has 32 heavy (non-hydrogen) atoms. The van der Waals surface area contributed by atoms with Crippen LogP contribution in [0.1, 0.15) is 38.0 Å². The standard InChI is InChI=1S/C22H20N4O3S3/c1-13-25-14(12-31-13)11-24-22(28)29-15-4-6-17-18(10-23)21(32-19(17)9-15)26-20(27)7-5-16-3-2-8-30-16/h2-3,5,7-8,12,15H,4,6,9,11H2,1H3,(H,24,28)(H,26,27). The maximum Gasteiger partial charge on any atom is 0.407 e. The molecule has 4 rings (SSSR count). The highest BCUT2D eigenvalue weighted by Gasteiger charge is 2.28. The zero-order chi connectivity index (χ0) is 22.5. The summed E-state index contributed by atoms with van der Waals surface area (Å²) < 4.78 is 5.57. The molecule has 3 aromatic rings. The summed E-state index contributed by atoms with van der Waals surface area (Å²) in [6.07, 6.45) is 4.24. The maximum absolute atomic E-state index is 12.3. The lowest BCUT2D eigenvalue weighted by Gasteiger charge is -2.22. The number of anilines is 1. The molecule has 1 atom stereocenters. The summed E-state index contributed by atoms with van der Waals surface area (Å²) >= 11 is 4.45. The minimum absolute atomic E-state index is 0.271. The summed E-state index contributed by atoms with van der Waals surface area (Å²) in [6.45, 7) is 2.24. The monoisotopic (exact) mass is 484 g/mol. The van der Waals surface area contributed by atoms with E-state index in [9.17, 15) is 14.9 Å². The highest BCUT2D eigenvalue weighted by atomic mass is 32.1. The van der Waals surface area contributed by atoms with Crippen molar-refractivity contribution < 1.29 is 14.3 Å². The number of thiazole rings is 1. The smallest absolute Gasteiger partial charge is 0.407 e. The highest BCUT2D eigenvalue weighted by molar-refractivity contribution is 7.16. The van der Waals surface area contributed by atoms with E-state index in [1.165, 1.54) is 28.7 Å². The summed E-state index contributed by atoms with van der Waals surface area (Å²) in [5.41, 5.74) is 2.25. The molecule has 0 saturated carbocycles. The lowest BCUT2D eigenvalue weighted by Crippen LogP contribution is -2.31. The van der Waals surface area contributed by atoms with Gasteiger partial charge >= 0.3 is 6.09 Å². The molecular weight excluding hydrogens is 464 g/mol. The van der Waals surface area contributed by atoms with Gasteiger partial charge in [-0.3, -0.25) is 4.79 Å². The van der Waals surface area contributed by atoms with Crippen molar-refractivity contribution in [2.24, 2.45) is 0 Å². The molecule has 0 aromatic carbocycles. The van der Waals surface area contributed by atoms with Gasteiger partial charge in [0.15, 0.2) is 0 Å². The van der Waals surface area contributed by atoms with Gasteiger partial charge in [-0.25, -0.2) is 9.78 Å². The summed E-state index contributed by atoms with van der Waals surface area (Å²) in [5, 5.41) is 20.5. The van der Waals surface area contributed by atoms with Crippen LogP contribution in [0.5, 0.6) is 0 Å². The average molecular weight is 485 g/mol. The molecule has 7 nitrogen and oxygen atoms in total. The highest BCUT2D eigenvalue weighted by Crippen LogP contribution is 2.38. The predicted molar refractivity (Wildman–Crippen MR) is 127 cm³/mol. The van der Waals surface area contributed by atoms with Gasteiger partial charge in [0.25, 0.3) is 0 Å². The van der Waals surface area contributed by atoms with Crippen LogP contribution in [0.4, 0.5) is 9.80 Å². The Kier molecular flexibility index (Phi) is 6.99. The van der Waals surface area contributed by atoms with Gasteiger partial charge in [0.2, 0.25) is 5.91 Å². The molecule has 0 spiro atoms. The number of hydrogen-bond donors (Lipinski definition) is 2. The number of alkyl carbamates (subject to hydrolysis) is 1. The quantitative estimate of drug-likeness (QED) is 0.485. The van der Waals surface area contributed by atoms with E-state index in [2.05, 4.69) is 21.7 Å². The number of aromatic nitrogens is 1. The molecule has 0 fully saturated rings. The molecule has 3 aromatic heterocycles. The van der Waals surface area contributed by atoms with Crippen molar-refractivity contribution in [3.63, 3.8) is 0 Å². The molecule has 0 bridgehead atoms. The normalized spacial score (nSPS) is 15.2. The van der Waals surface area contributed by atoms with Gasteiger partial charge in [-0.05, 0) is 42.9 Å². The third-order valence-electron chi connectivity index (χ3n) is 4.86. The first-order valence-electron chi connectivity index (χ1n) is 9.94. The first kappa shape index (κ1) is 22.2. The third-order valence-corrected chi connectivity index (χ3v) is 7.69. The number of thiophene rings is 2. The molecule has 1 unspecified atom stereocenters. The minimum atomic E-state index is -0.478. The summed E-state index contributed by atoms with van der Waals surface area (Å²) in [5.74, 6) is -0.280. The lowest BCUT2D eigenvalue weighted by molar-refractivity contribution is -0.111. The van der Waals surface area contributed by atoms with Crippen LogP contribution in [0.25, 0.3) is 6.08 Å². The van der Waals surface area contributed by atoms with Gasteiger partial charge in [0.1, 0.15) is 17.2 Å². The number of aryl methyl sites for hydroxylation is 1. The zero-order valence-corrected chi connectivity index (χ0v) is 19.7. The van der Waals surface area contributed by atoms with Crippen LogP contribution in [0.15, 0.2) is 29.0 Å². The Labute approximate surface area is 197 Å². The van der Waals surface area contributed by atoms with Crippen LogP contribution >= 0.6 is 34.0 Å². The van der Waals surface area contributed by atoms with Crippen LogP contribution in [0.3, 0.4) is 0 Å². The average Bonchev–Trinajstić information content (AvgIpc) is 3.50. The Balaban J connectivity index is 1.35. The fourth-order valence-corrected chi connectivity index (χ4v) is 5.90. The van der Waals surface area contributed by atoms with Crippen molar-refractivity contribution >= 4 is 57.1 Å². The van der Waals surface area contributed by atoms with Crippen molar-refractivity contribution in [2.75, 3.05) is 5.32 Å². The Bertz CT molecular complexity index is 1190. The van der Waals surface area contributed by atoms with E-state index < -0.39 is 6.09 Å². The largest absolute Gasteiger partial charge is 0.446 e. The number of amides is 2. The van der Waals surface area contributed by atoms with Crippen LogP contribution in [-0.2, 0) is 28.9 Å². The van der Waals surface area contributed by atoms with E-state index in [0.717, 1.165) is 26.0 Å². The number of carbonyl (C=O) groups is 2. The molecule has 0 radical (unpaired) electrons. The van der Waals surface area contributed by atoms with Gasteiger partial charge in [-0.2, -0.15) is 5.26 Å². The SMILES string of the molecule is Cc1nc(CNC(=O)OC2CCc3c(sc(NC(=O)C=Cc4cccs4)c3C#N)C2)cs1. The number of hydrogen-bond acceptors (Lipinski definition) is 8. The van der Waals surface area contributed by atoms with Gasteiger partial charge in [-0.1, -0.05) is 6.07 Å². The van der Waals surface area contributed by atoms with Crippen LogP contribution in [0, 0.1) is 18.3 Å². The number of carbonyl (C=O) groups excluding carboxylic acids is 2. The summed E-state index contributed by atoms with van der Waals surface area (Å²) in [7, 11) is 0. The molecule has 1 aliphatic carbocycles. The van der Waals surface area contributed by atoms with Crippen molar-refractivity contribution in [3.05, 3.63) is 60.6 Å². The van der Waals surface area contributed by atoms with E-state index in [1.54, 1.807) is 17.4 Å². The van der Waals surface area contributed by atoms with E-state index in [4.69, 9.17) is 4.74 Å². The Morgan fingerprint density at radius 1 is 1.41 bits per heavy atom. The van der Waals surface area contributed by atoms with E-state index in [1.807, 2.05) is 29.8 Å². The fourth-order valence-electron chi connectivity index (χ4n) is 3.41. The van der Waals surface area contributed by atoms with Crippen LogP contribution < -0.4 is 10.6 Å². The number of fused-ring (bicyclic) bond motifs is 1. The Morgan fingerprint density at radius 2 is 2.28 bits per heavy atom. The van der Waals surface area contributed by atoms with Crippen molar-refractivity contribution in [3.8, 4) is 6.07 Å². The molecular formula is C22H20N4O3S3. The van der Waals surface area contributed by atoms with Crippen LogP contribution in [0.2, 0.25) is 0 Å². The number of ether oxygens (including phenoxy) is 1. The molecule has 10 heteroatoms. The molecule has 1 aliphatic rings. The number of rotatable bonds is 6. The second kappa shape index (κ2) is 10.1. The molecule has 0 aliphatic heterocycles. The van der Waals surface area contributed by atoms with E-state index >= 15 is 0 Å². The Hall–Kier alpha value is -3.00. The Morgan fingerprint density at radius 3 is 3.00 bits per heavy atom. The molecule has 164 valence electrons. The zero-order valence-electron chi connectivity index (χ0n) is 17.2. The van der Waals surface area contributed by atoms with Crippen LogP contribution in [-0.4, -0.2) is 23.1 Å². The molecule has 2 amide bonds. The first-order valence-corrected chi connectivity index (χ1v) is 12.5. The van der Waals surface area contributed by atoms with E-state index in [0.29, 0.717) is 36.4 Å². The van der Waals surface area contributed by atoms with Gasteiger partial charge in [0.05, 0.1) is 22.8 Å². The van der Waals surface area contributed by atoms with Gasteiger partial charge < -0.3 is 15.4 Å². The molecule has 2 N–H and O–H groups in total. The predicted octanol–water partition coefficient (Wildman–Crippen LogP) is 4.88. The topological polar surface area (TPSA) is 104 Å². The summed E-state index contributed by atoms with van der Waals surface area (Å²) in [6, 6.07) is 6.06. The fraction of sp³-hybridized carbons (Fsp3) is 0.273. The summed E-state index contributed by atoms with van der Waals surface area (Å²) in [4.78, 5) is 30.8. The van der Waals surface area contributed by atoms with Crippen molar-refractivity contribution in [2.45, 2.75) is 38.8 Å². The molecule has 3 heterocycles. The molecule has 0 saturated heterocycles. The van der Waals surface area contributed by atoms with Gasteiger partial charge in [-0.15, -0.1) is 34.0 Å². The third kappa shape index (κ3) is 5.43. The minimum Gasteiger partial charge on any atom is -0.446 e. The van der Waals surface area contributed by atoms with Crippen molar-refractivity contribution in [1.82, 2.24) is 10.3 Å². The number of nitrogens with one attached hydrogen (secondary N) is 2. The van der Waals surface area contributed by atoms with E-state index in [-0.39, 0.29) is 12.0 Å². The van der Waals surface area contributed by atoms with Gasteiger partial charge in [0, 0.05) is 27.6 Å². The second-order valence-corrected chi connectivity index (χ2v) is 10.3. The number of nitrogens with zero attached hydrogens (tertiary/aromatic N) is 2. The lowest BCUT2D eigenvalue weighted by atomic mass is 9.94.